The summed E-state index contributed by atoms with van der Waals surface area (Å²) in [6.45, 7) is 2.51. The molecule has 2 aromatic carbocycles. The summed E-state index contributed by atoms with van der Waals surface area (Å²) >= 11 is 0. The topological polar surface area (TPSA) is 77.3 Å². The second kappa shape index (κ2) is 8.22. The summed E-state index contributed by atoms with van der Waals surface area (Å²) in [6, 6.07) is 16.2. The molecule has 8 nitrogen and oxygen atoms in total. The molecule has 2 aromatic heterocycles. The number of ether oxygens (including phenoxy) is 2. The van der Waals surface area contributed by atoms with Crippen molar-refractivity contribution in [2.75, 3.05) is 31.0 Å². The minimum absolute atomic E-state index is 0.0875. The lowest BCUT2D eigenvalue weighted by molar-refractivity contribution is 0.265. The summed E-state index contributed by atoms with van der Waals surface area (Å²) in [5.74, 6) is 2.63. The van der Waals surface area contributed by atoms with Crippen molar-refractivity contribution in [2.45, 2.75) is 13.0 Å². The van der Waals surface area contributed by atoms with Gasteiger partial charge in [0.15, 0.2) is 11.6 Å². The lowest BCUT2D eigenvalue weighted by atomic mass is 10.1. The lowest BCUT2D eigenvalue weighted by Crippen LogP contribution is -2.34. The number of fused-ring (bicyclic) bond motifs is 1. The number of imidazole rings is 1. The summed E-state index contributed by atoms with van der Waals surface area (Å²) in [5, 5.41) is 3.28. The minimum Gasteiger partial charge on any atom is -0.494 e. The van der Waals surface area contributed by atoms with E-state index in [0.29, 0.717) is 18.3 Å². The first-order chi connectivity index (χ1) is 15.6. The molecule has 0 radical (unpaired) electrons. The fraction of sp³-hybridized carbons (Fsp3) is 0.208. The fourth-order valence-corrected chi connectivity index (χ4v) is 3.85. The van der Waals surface area contributed by atoms with Crippen LogP contribution in [0, 0.1) is 6.92 Å². The van der Waals surface area contributed by atoms with E-state index in [0.717, 1.165) is 28.6 Å². The van der Waals surface area contributed by atoms with Crippen LogP contribution in [-0.2, 0) is 0 Å². The summed E-state index contributed by atoms with van der Waals surface area (Å²) in [4.78, 5) is 15.6. The molecule has 0 saturated heterocycles. The van der Waals surface area contributed by atoms with Crippen molar-refractivity contribution < 1.29 is 9.47 Å². The van der Waals surface area contributed by atoms with E-state index < -0.39 is 0 Å². The van der Waals surface area contributed by atoms with Gasteiger partial charge in [0, 0.05) is 25.0 Å². The number of anilines is 3. The Hall–Kier alpha value is -4.07. The molecule has 1 atom stereocenters. The normalized spacial score (nSPS) is 15.1. The van der Waals surface area contributed by atoms with E-state index in [1.54, 1.807) is 19.6 Å². The van der Waals surface area contributed by atoms with E-state index in [1.807, 2.05) is 61.1 Å². The van der Waals surface area contributed by atoms with Crippen LogP contribution in [0.15, 0.2) is 67.3 Å². The largest absolute Gasteiger partial charge is 0.494 e. The number of nitrogens with one attached hydrogen (secondary N) is 1. The monoisotopic (exact) mass is 428 g/mol. The highest BCUT2D eigenvalue weighted by Crippen LogP contribution is 2.37. The van der Waals surface area contributed by atoms with Crippen molar-refractivity contribution in [3.8, 4) is 17.2 Å². The molecule has 1 aliphatic rings. The van der Waals surface area contributed by atoms with Gasteiger partial charge in [-0.1, -0.05) is 30.3 Å². The molecule has 1 aliphatic heterocycles. The van der Waals surface area contributed by atoms with E-state index in [9.17, 15) is 0 Å². The zero-order valence-corrected chi connectivity index (χ0v) is 18.2. The van der Waals surface area contributed by atoms with Crippen LogP contribution < -0.4 is 19.7 Å². The van der Waals surface area contributed by atoms with Gasteiger partial charge >= 0.3 is 0 Å². The highest BCUT2D eigenvalue weighted by molar-refractivity contribution is 5.64. The van der Waals surface area contributed by atoms with E-state index in [2.05, 4.69) is 32.3 Å². The number of hydrogen-bond donors (Lipinski definition) is 1. The SMILES string of the molecule is COc1cc(Nc2ncc3c(n2)N(C)[C@@H](c2ccccc2)CO3)ccc1-n1cnc(C)c1. The quantitative estimate of drug-likeness (QED) is 0.508. The number of methoxy groups -OCH3 is 1. The third-order valence-corrected chi connectivity index (χ3v) is 5.54. The van der Waals surface area contributed by atoms with Crippen LogP contribution in [0.5, 0.6) is 11.5 Å². The van der Waals surface area contributed by atoms with Crippen molar-refractivity contribution in [3.63, 3.8) is 0 Å². The van der Waals surface area contributed by atoms with Crippen LogP contribution in [0.3, 0.4) is 0 Å². The molecule has 0 spiro atoms. The van der Waals surface area contributed by atoms with E-state index in [1.165, 1.54) is 5.56 Å². The average molecular weight is 428 g/mol. The van der Waals surface area contributed by atoms with Crippen LogP contribution in [0.25, 0.3) is 5.69 Å². The first kappa shape index (κ1) is 19.9. The third-order valence-electron chi connectivity index (χ3n) is 5.54. The van der Waals surface area contributed by atoms with Gasteiger partial charge in [0.25, 0.3) is 0 Å². The second-order valence-corrected chi connectivity index (χ2v) is 7.66. The number of aryl methyl sites for hydroxylation is 1. The summed E-state index contributed by atoms with van der Waals surface area (Å²) < 4.78 is 13.5. The Morgan fingerprint density at radius 2 is 1.97 bits per heavy atom. The van der Waals surface area contributed by atoms with Gasteiger partial charge in [-0.25, -0.2) is 9.97 Å². The van der Waals surface area contributed by atoms with Crippen molar-refractivity contribution in [3.05, 3.63) is 78.5 Å². The first-order valence-corrected chi connectivity index (χ1v) is 10.4. The molecule has 32 heavy (non-hydrogen) atoms. The molecule has 0 fully saturated rings. The Morgan fingerprint density at radius 3 is 2.72 bits per heavy atom. The molecular formula is C24H24N6O2. The average Bonchev–Trinajstić information content (AvgIpc) is 3.26. The van der Waals surface area contributed by atoms with Crippen molar-refractivity contribution in [1.29, 1.82) is 0 Å². The van der Waals surface area contributed by atoms with Crippen molar-refractivity contribution in [1.82, 2.24) is 19.5 Å². The Bertz CT molecular complexity index is 1240. The molecule has 8 heteroatoms. The zero-order chi connectivity index (χ0) is 22.1. The maximum atomic E-state index is 5.95. The predicted molar refractivity (Wildman–Crippen MR) is 123 cm³/mol. The fourth-order valence-electron chi connectivity index (χ4n) is 3.85. The second-order valence-electron chi connectivity index (χ2n) is 7.66. The molecule has 1 N–H and O–H groups in total. The van der Waals surface area contributed by atoms with Crippen LogP contribution in [0.1, 0.15) is 17.3 Å². The molecule has 3 heterocycles. The molecular weight excluding hydrogens is 404 g/mol. The smallest absolute Gasteiger partial charge is 0.229 e. The van der Waals surface area contributed by atoms with Crippen LogP contribution in [0.2, 0.25) is 0 Å². The first-order valence-electron chi connectivity index (χ1n) is 10.4. The van der Waals surface area contributed by atoms with Gasteiger partial charge in [-0.05, 0) is 24.6 Å². The molecule has 0 bridgehead atoms. The number of hydrogen-bond acceptors (Lipinski definition) is 7. The molecule has 162 valence electrons. The van der Waals surface area contributed by atoms with Gasteiger partial charge in [-0.3, -0.25) is 0 Å². The molecule has 4 aromatic rings. The van der Waals surface area contributed by atoms with Crippen LogP contribution in [-0.4, -0.2) is 40.3 Å². The summed E-state index contributed by atoms with van der Waals surface area (Å²) in [5.41, 5.74) is 3.85. The lowest BCUT2D eigenvalue weighted by Gasteiger charge is -2.34. The standard InChI is InChI=1S/C24H24N6O2/c1-16-13-30(15-26-16)19-10-9-18(11-21(19)31-3)27-24-25-12-22-23(28-24)29(2)20(14-32-22)17-7-5-4-6-8-17/h4-13,15,20H,14H2,1-3H3,(H,25,27,28)/t20-/m1/s1. The Labute approximate surface area is 186 Å². The molecule has 5 rings (SSSR count). The van der Waals surface area contributed by atoms with Gasteiger partial charge in [0.1, 0.15) is 12.4 Å². The Morgan fingerprint density at radius 1 is 1.12 bits per heavy atom. The minimum atomic E-state index is 0.0875. The molecule has 0 saturated carbocycles. The van der Waals surface area contributed by atoms with Crippen LogP contribution >= 0.6 is 0 Å². The van der Waals surface area contributed by atoms with Gasteiger partial charge < -0.3 is 24.3 Å². The summed E-state index contributed by atoms with van der Waals surface area (Å²) in [6.07, 6.45) is 5.44. The Balaban J connectivity index is 1.41. The number of aromatic nitrogens is 4. The van der Waals surface area contributed by atoms with Crippen molar-refractivity contribution in [2.24, 2.45) is 0 Å². The van der Waals surface area contributed by atoms with Gasteiger partial charge in [0.05, 0.1) is 37.1 Å². The number of nitrogens with zero attached hydrogens (tertiary/aromatic N) is 5. The Kier molecular flexibility index (Phi) is 5.10. The maximum Gasteiger partial charge on any atom is 0.229 e. The molecule has 0 unspecified atom stereocenters. The third kappa shape index (κ3) is 3.71. The van der Waals surface area contributed by atoms with E-state index in [-0.39, 0.29) is 6.04 Å². The number of rotatable bonds is 5. The molecule has 0 aliphatic carbocycles. The van der Waals surface area contributed by atoms with Gasteiger partial charge in [-0.15, -0.1) is 0 Å². The van der Waals surface area contributed by atoms with Crippen LogP contribution in [0.4, 0.5) is 17.5 Å². The summed E-state index contributed by atoms with van der Waals surface area (Å²) in [7, 11) is 3.68. The molecule has 0 amide bonds. The van der Waals surface area contributed by atoms with E-state index in [4.69, 9.17) is 14.5 Å². The van der Waals surface area contributed by atoms with Crippen molar-refractivity contribution >= 4 is 17.5 Å². The number of likely N-dealkylation sites (N-methyl/N-ethyl adjacent to an activating group) is 1. The number of benzene rings is 2. The van der Waals surface area contributed by atoms with Gasteiger partial charge in [0.2, 0.25) is 5.95 Å². The zero-order valence-electron chi connectivity index (χ0n) is 18.2. The maximum absolute atomic E-state index is 5.95. The van der Waals surface area contributed by atoms with E-state index >= 15 is 0 Å². The highest BCUT2D eigenvalue weighted by Gasteiger charge is 2.28. The van der Waals surface area contributed by atoms with Gasteiger partial charge in [-0.2, -0.15) is 4.98 Å². The highest BCUT2D eigenvalue weighted by atomic mass is 16.5. The predicted octanol–water partition coefficient (Wildman–Crippen LogP) is 4.29.